The zero-order valence-corrected chi connectivity index (χ0v) is 14.0. The van der Waals surface area contributed by atoms with Gasteiger partial charge in [0.1, 0.15) is 5.75 Å². The topological polar surface area (TPSA) is 91.1 Å². The van der Waals surface area contributed by atoms with Crippen molar-refractivity contribution in [3.8, 4) is 5.75 Å². The fourth-order valence-corrected chi connectivity index (χ4v) is 3.89. The Hall–Kier alpha value is -1.76. The molecule has 2 aromatic carbocycles. The molecule has 24 heavy (non-hydrogen) atoms. The Balaban J connectivity index is 1.73. The van der Waals surface area contributed by atoms with Crippen LogP contribution in [0.1, 0.15) is 18.1 Å². The normalized spacial score (nSPS) is 23.7. The summed E-state index contributed by atoms with van der Waals surface area (Å²) in [6.45, 7) is 0.258. The Kier molecular flexibility index (Phi) is 4.99. The Morgan fingerprint density at radius 3 is 2.71 bits per heavy atom. The predicted octanol–water partition coefficient (Wildman–Crippen LogP) is 4.48. The number of halogens is 1. The summed E-state index contributed by atoms with van der Waals surface area (Å²) in [6.07, 6.45) is 0.139. The van der Waals surface area contributed by atoms with Gasteiger partial charge in [-0.05, 0) is 29.8 Å². The van der Waals surface area contributed by atoms with Crippen LogP contribution in [-0.4, -0.2) is 16.4 Å². The third-order valence-electron chi connectivity index (χ3n) is 3.38. The number of hydrogen-bond acceptors (Lipinski definition) is 6. The van der Waals surface area contributed by atoms with Crippen molar-refractivity contribution in [3.63, 3.8) is 0 Å². The highest BCUT2D eigenvalue weighted by atomic mass is 35.5. The molecule has 1 N–H and O–H groups in total. The van der Waals surface area contributed by atoms with Gasteiger partial charge in [-0.2, -0.15) is 0 Å². The van der Waals surface area contributed by atoms with Gasteiger partial charge in [0.2, 0.25) is 0 Å². The van der Waals surface area contributed by atoms with Gasteiger partial charge < -0.3 is 9.42 Å². The molecule has 2 aromatic rings. The van der Waals surface area contributed by atoms with E-state index in [4.69, 9.17) is 25.2 Å². The SMILES string of the molecule is O=[N+]([O-])c1ccc(O[P]2(O)OCCC(c3cccc(Cl)c3)O2)cc1. The first-order chi connectivity index (χ1) is 11.5. The van der Waals surface area contributed by atoms with E-state index in [0.29, 0.717) is 11.4 Å². The van der Waals surface area contributed by atoms with Crippen molar-refractivity contribution >= 4 is 25.5 Å². The molecule has 0 aromatic heterocycles. The minimum absolute atomic E-state index is 0.0741. The molecule has 1 saturated heterocycles. The molecule has 1 aliphatic heterocycles. The van der Waals surface area contributed by atoms with Crippen molar-refractivity contribution in [2.24, 2.45) is 0 Å². The molecule has 7 nitrogen and oxygen atoms in total. The highest BCUT2D eigenvalue weighted by molar-refractivity contribution is 7.55. The van der Waals surface area contributed by atoms with E-state index in [0.717, 1.165) is 5.56 Å². The quantitative estimate of drug-likeness (QED) is 0.485. The van der Waals surface area contributed by atoms with Crippen molar-refractivity contribution in [3.05, 3.63) is 69.2 Å². The molecule has 0 saturated carbocycles. The van der Waals surface area contributed by atoms with Crippen LogP contribution in [0.15, 0.2) is 48.5 Å². The second-order valence-electron chi connectivity index (χ2n) is 5.08. The predicted molar refractivity (Wildman–Crippen MR) is 88.7 cm³/mol. The maximum Gasteiger partial charge on any atom is 0.434 e. The summed E-state index contributed by atoms with van der Waals surface area (Å²) in [5.74, 6) is 0.225. The van der Waals surface area contributed by atoms with Crippen molar-refractivity contribution < 1.29 is 23.4 Å². The van der Waals surface area contributed by atoms with E-state index in [2.05, 4.69) is 0 Å². The Labute approximate surface area is 143 Å². The van der Waals surface area contributed by atoms with Gasteiger partial charge in [-0.15, -0.1) is 0 Å². The maximum absolute atomic E-state index is 10.7. The van der Waals surface area contributed by atoms with E-state index in [-0.39, 0.29) is 18.0 Å². The molecule has 0 aliphatic carbocycles. The largest absolute Gasteiger partial charge is 0.434 e. The fraction of sp³-hybridized carbons (Fsp3) is 0.200. The van der Waals surface area contributed by atoms with Gasteiger partial charge in [-0.25, -0.2) is 0 Å². The number of nitro benzene ring substituents is 1. The van der Waals surface area contributed by atoms with E-state index in [9.17, 15) is 15.0 Å². The molecular weight excluding hydrogens is 357 g/mol. The van der Waals surface area contributed by atoms with Gasteiger partial charge in [0, 0.05) is 23.6 Å². The lowest BCUT2D eigenvalue weighted by molar-refractivity contribution is -0.384. The molecule has 0 bridgehead atoms. The molecule has 2 unspecified atom stereocenters. The van der Waals surface area contributed by atoms with Crippen LogP contribution < -0.4 is 4.52 Å². The summed E-state index contributed by atoms with van der Waals surface area (Å²) in [4.78, 5) is 20.6. The van der Waals surface area contributed by atoms with Crippen molar-refractivity contribution in [1.29, 1.82) is 0 Å². The van der Waals surface area contributed by atoms with E-state index in [1.807, 2.05) is 6.07 Å². The number of nitro groups is 1. The molecule has 1 heterocycles. The zero-order valence-electron chi connectivity index (χ0n) is 12.4. The summed E-state index contributed by atoms with van der Waals surface area (Å²) >= 11 is 5.98. The van der Waals surface area contributed by atoms with Crippen LogP contribution in [0, 0.1) is 10.1 Å². The van der Waals surface area contributed by atoms with Crippen LogP contribution in [0.3, 0.4) is 0 Å². The molecule has 3 rings (SSSR count). The molecule has 1 fully saturated rings. The average Bonchev–Trinajstić information content (AvgIpc) is 2.55. The number of hydrogen-bond donors (Lipinski definition) is 1. The van der Waals surface area contributed by atoms with Crippen LogP contribution in [0.4, 0.5) is 5.69 Å². The first-order valence-electron chi connectivity index (χ1n) is 7.09. The Morgan fingerprint density at radius 1 is 1.29 bits per heavy atom. The monoisotopic (exact) mass is 370 g/mol. The number of benzene rings is 2. The third kappa shape index (κ3) is 4.01. The van der Waals surface area contributed by atoms with Gasteiger partial charge in [0.15, 0.2) is 0 Å². The van der Waals surface area contributed by atoms with Gasteiger partial charge in [-0.1, -0.05) is 23.7 Å². The standard InChI is InChI=1S/C15H14ClNO6P/c16-12-3-1-2-11(10-12)15-8-9-21-24(20,23-15)22-14-6-4-13(5-7-14)17(18)19/h1-7,10,15,20H,8-9H2. The summed E-state index contributed by atoms with van der Waals surface area (Å²) in [5.41, 5.74) is 0.742. The number of non-ortho nitro benzene ring substituents is 1. The van der Waals surface area contributed by atoms with Crippen molar-refractivity contribution in [2.75, 3.05) is 6.61 Å². The lowest BCUT2D eigenvalue weighted by Crippen LogP contribution is -2.20. The van der Waals surface area contributed by atoms with Crippen LogP contribution in [0.25, 0.3) is 0 Å². The smallest absolute Gasteiger partial charge is 0.415 e. The Morgan fingerprint density at radius 2 is 2.04 bits per heavy atom. The van der Waals surface area contributed by atoms with Gasteiger partial charge >= 0.3 is 8.17 Å². The second kappa shape index (κ2) is 7.01. The molecule has 127 valence electrons. The summed E-state index contributed by atoms with van der Waals surface area (Å²) < 4.78 is 16.3. The molecule has 2 atom stereocenters. The highest BCUT2D eigenvalue weighted by Gasteiger charge is 2.40. The Bertz CT molecular complexity index is 743. The highest BCUT2D eigenvalue weighted by Crippen LogP contribution is 2.63. The first-order valence-corrected chi connectivity index (χ1v) is 8.97. The van der Waals surface area contributed by atoms with Crippen molar-refractivity contribution in [1.82, 2.24) is 0 Å². The van der Waals surface area contributed by atoms with Gasteiger partial charge in [0.25, 0.3) is 5.69 Å². The van der Waals surface area contributed by atoms with Gasteiger partial charge in [-0.3, -0.25) is 19.2 Å². The van der Waals surface area contributed by atoms with Crippen LogP contribution in [-0.2, 0) is 9.05 Å². The van der Waals surface area contributed by atoms with E-state index < -0.39 is 19.2 Å². The van der Waals surface area contributed by atoms with Crippen LogP contribution in [0.5, 0.6) is 5.75 Å². The van der Waals surface area contributed by atoms with E-state index in [1.165, 1.54) is 24.3 Å². The molecule has 0 spiro atoms. The number of rotatable bonds is 4. The van der Waals surface area contributed by atoms with Gasteiger partial charge in [0.05, 0.1) is 17.6 Å². The van der Waals surface area contributed by atoms with E-state index >= 15 is 0 Å². The minimum atomic E-state index is -3.57. The zero-order chi connectivity index (χ0) is 17.2. The molecular formula is C15H14ClNO6P. The lowest BCUT2D eigenvalue weighted by atomic mass is 10.1. The fourth-order valence-electron chi connectivity index (χ4n) is 2.26. The summed E-state index contributed by atoms with van der Waals surface area (Å²) in [7, 11) is -3.57. The summed E-state index contributed by atoms with van der Waals surface area (Å²) in [6, 6.07) is 12.5. The van der Waals surface area contributed by atoms with Crippen molar-refractivity contribution in [2.45, 2.75) is 12.5 Å². The average molecular weight is 371 g/mol. The second-order valence-corrected chi connectivity index (χ2v) is 7.11. The molecule has 1 aliphatic rings. The molecule has 1 radical (unpaired) electrons. The first kappa shape index (κ1) is 17.1. The lowest BCUT2D eigenvalue weighted by Gasteiger charge is -2.36. The minimum Gasteiger partial charge on any atom is -0.415 e. The van der Waals surface area contributed by atoms with Crippen LogP contribution >= 0.6 is 19.8 Å². The van der Waals surface area contributed by atoms with Crippen LogP contribution in [0.2, 0.25) is 5.02 Å². The molecule has 0 amide bonds. The number of nitrogens with zero attached hydrogens (tertiary/aromatic N) is 1. The molecule has 9 heteroatoms. The maximum atomic E-state index is 10.7. The summed E-state index contributed by atoms with van der Waals surface area (Å²) in [5, 5.41) is 11.2. The third-order valence-corrected chi connectivity index (χ3v) is 5.09. The van der Waals surface area contributed by atoms with E-state index in [1.54, 1.807) is 18.2 Å².